The van der Waals surface area contributed by atoms with Gasteiger partial charge in [0.25, 0.3) is 0 Å². The fraction of sp³-hybridized carbons (Fsp3) is 0.222. The smallest absolute Gasteiger partial charge is 0.235 e. The van der Waals surface area contributed by atoms with Crippen LogP contribution in [0.5, 0.6) is 0 Å². The van der Waals surface area contributed by atoms with Crippen LogP contribution in [-0.4, -0.2) is 11.1 Å². The Balaban J connectivity index is 1.90. The van der Waals surface area contributed by atoms with Gasteiger partial charge >= 0.3 is 0 Å². The lowest BCUT2D eigenvalue weighted by molar-refractivity contribution is 0.256. The van der Waals surface area contributed by atoms with Crippen molar-refractivity contribution in [1.82, 2.24) is 4.98 Å². The van der Waals surface area contributed by atoms with Gasteiger partial charge < -0.3 is 4.42 Å². The summed E-state index contributed by atoms with van der Waals surface area (Å²) in [4.78, 5) is 19.5. The van der Waals surface area contributed by atoms with Crippen LogP contribution in [0.4, 0.5) is 0 Å². The van der Waals surface area contributed by atoms with Gasteiger partial charge in [-0.2, -0.15) is 4.99 Å². The molecular weight excluding hydrogens is 276 g/mol. The molecule has 3 aromatic rings. The number of aromatic nitrogens is 1. The summed E-state index contributed by atoms with van der Waals surface area (Å²) in [5, 5.41) is 0. The number of para-hydroxylation sites is 2. The number of fused-ring (bicyclic) bond motifs is 1. The summed E-state index contributed by atoms with van der Waals surface area (Å²) in [5.41, 5.74) is 3.02. The molecule has 1 fully saturated rings. The van der Waals surface area contributed by atoms with Gasteiger partial charge in [0.15, 0.2) is 5.58 Å². The third-order valence-electron chi connectivity index (χ3n) is 4.39. The molecule has 0 saturated heterocycles. The molecule has 4 rings (SSSR count). The fourth-order valence-corrected chi connectivity index (χ4v) is 3.10. The predicted octanol–water partition coefficient (Wildman–Crippen LogP) is 4.21. The summed E-state index contributed by atoms with van der Waals surface area (Å²) < 4.78 is 5.89. The predicted molar refractivity (Wildman–Crippen MR) is 83.1 cm³/mol. The maximum absolute atomic E-state index is 10.8. The molecule has 22 heavy (non-hydrogen) atoms. The maximum atomic E-state index is 10.8. The van der Waals surface area contributed by atoms with Gasteiger partial charge in [0.05, 0.1) is 5.54 Å². The van der Waals surface area contributed by atoms with Crippen LogP contribution in [0.25, 0.3) is 22.6 Å². The van der Waals surface area contributed by atoms with Crippen LogP contribution >= 0.6 is 0 Å². The highest BCUT2D eigenvalue weighted by molar-refractivity contribution is 5.77. The van der Waals surface area contributed by atoms with E-state index < -0.39 is 5.54 Å². The van der Waals surface area contributed by atoms with Crippen LogP contribution in [0, 0.1) is 0 Å². The van der Waals surface area contributed by atoms with E-state index in [0.717, 1.165) is 41.5 Å². The minimum absolute atomic E-state index is 0.459. The molecule has 1 saturated carbocycles. The fourth-order valence-electron chi connectivity index (χ4n) is 3.10. The zero-order valence-corrected chi connectivity index (χ0v) is 12.0. The Morgan fingerprint density at radius 1 is 1.09 bits per heavy atom. The van der Waals surface area contributed by atoms with Gasteiger partial charge in [0.2, 0.25) is 12.0 Å². The molecule has 1 aromatic heterocycles. The number of nitrogens with zero attached hydrogens (tertiary/aromatic N) is 2. The summed E-state index contributed by atoms with van der Waals surface area (Å²) >= 11 is 0. The quantitative estimate of drug-likeness (QED) is 0.536. The first-order chi connectivity index (χ1) is 10.8. The normalized spacial score (nSPS) is 16.0. The second kappa shape index (κ2) is 4.93. The third kappa shape index (κ3) is 1.89. The van der Waals surface area contributed by atoms with Crippen molar-refractivity contribution < 1.29 is 9.21 Å². The maximum Gasteiger partial charge on any atom is 0.235 e. The van der Waals surface area contributed by atoms with Crippen molar-refractivity contribution in [3.05, 3.63) is 54.1 Å². The van der Waals surface area contributed by atoms with Gasteiger partial charge in [-0.05, 0) is 43.0 Å². The van der Waals surface area contributed by atoms with E-state index in [9.17, 15) is 4.79 Å². The van der Waals surface area contributed by atoms with E-state index in [1.807, 2.05) is 48.5 Å². The van der Waals surface area contributed by atoms with Crippen LogP contribution in [0.3, 0.4) is 0 Å². The first-order valence-electron chi connectivity index (χ1n) is 7.37. The van der Waals surface area contributed by atoms with Gasteiger partial charge in [-0.15, -0.1) is 0 Å². The SMILES string of the molecule is O=C=NC1(c2ccccc2-c2nc3ccccc3o2)CCC1. The van der Waals surface area contributed by atoms with E-state index in [2.05, 4.69) is 9.98 Å². The molecule has 1 heterocycles. The molecule has 0 unspecified atom stereocenters. The molecule has 0 radical (unpaired) electrons. The van der Waals surface area contributed by atoms with E-state index in [4.69, 9.17) is 4.42 Å². The lowest BCUT2D eigenvalue weighted by Gasteiger charge is -2.38. The van der Waals surface area contributed by atoms with Crippen molar-refractivity contribution >= 4 is 17.2 Å². The average Bonchev–Trinajstić information content (AvgIpc) is 2.95. The third-order valence-corrected chi connectivity index (χ3v) is 4.39. The molecule has 1 aliphatic rings. The molecule has 0 spiro atoms. The van der Waals surface area contributed by atoms with E-state index >= 15 is 0 Å². The summed E-state index contributed by atoms with van der Waals surface area (Å²) in [7, 11) is 0. The molecule has 2 aromatic carbocycles. The molecule has 0 N–H and O–H groups in total. The van der Waals surface area contributed by atoms with Gasteiger partial charge in [-0.3, -0.25) is 0 Å². The highest BCUT2D eigenvalue weighted by Gasteiger charge is 2.41. The summed E-state index contributed by atoms with van der Waals surface area (Å²) in [6.45, 7) is 0. The molecule has 0 atom stereocenters. The Labute approximate surface area is 127 Å². The van der Waals surface area contributed by atoms with E-state index in [-0.39, 0.29) is 0 Å². The molecule has 0 bridgehead atoms. The molecule has 0 amide bonds. The molecule has 0 aliphatic heterocycles. The lowest BCUT2D eigenvalue weighted by Crippen LogP contribution is -2.32. The monoisotopic (exact) mass is 290 g/mol. The van der Waals surface area contributed by atoms with Crippen molar-refractivity contribution in [1.29, 1.82) is 0 Å². The molecule has 1 aliphatic carbocycles. The second-order valence-electron chi connectivity index (χ2n) is 5.62. The topological polar surface area (TPSA) is 55.5 Å². The number of isocyanates is 1. The summed E-state index contributed by atoms with van der Waals surface area (Å²) in [5.74, 6) is 0.573. The van der Waals surface area contributed by atoms with E-state index in [1.54, 1.807) is 6.08 Å². The van der Waals surface area contributed by atoms with Crippen LogP contribution in [-0.2, 0) is 10.3 Å². The number of hydrogen-bond acceptors (Lipinski definition) is 4. The van der Waals surface area contributed by atoms with Gasteiger partial charge in [0, 0.05) is 5.56 Å². The number of aliphatic imine (C=N–C) groups is 1. The Kier molecular flexibility index (Phi) is 2.91. The van der Waals surface area contributed by atoms with Crippen molar-refractivity contribution in [2.45, 2.75) is 24.8 Å². The standard InChI is InChI=1S/C18H14N2O2/c21-12-19-18(10-5-11-18)14-7-2-1-6-13(14)17-20-15-8-3-4-9-16(15)22-17/h1-4,6-9H,5,10-11H2. The average molecular weight is 290 g/mol. The zero-order valence-electron chi connectivity index (χ0n) is 12.0. The van der Waals surface area contributed by atoms with Crippen LogP contribution in [0.2, 0.25) is 0 Å². The van der Waals surface area contributed by atoms with E-state index in [0.29, 0.717) is 5.89 Å². The summed E-state index contributed by atoms with van der Waals surface area (Å²) in [6, 6.07) is 15.6. The molecule has 108 valence electrons. The van der Waals surface area contributed by atoms with Gasteiger partial charge in [-0.25, -0.2) is 9.78 Å². The van der Waals surface area contributed by atoms with Crippen LogP contribution < -0.4 is 0 Å². The number of rotatable bonds is 3. The Morgan fingerprint density at radius 3 is 2.59 bits per heavy atom. The van der Waals surface area contributed by atoms with Crippen LogP contribution in [0.1, 0.15) is 24.8 Å². The molecule has 4 nitrogen and oxygen atoms in total. The minimum atomic E-state index is -0.459. The molecular formula is C18H14N2O2. The summed E-state index contributed by atoms with van der Waals surface area (Å²) in [6.07, 6.45) is 4.52. The largest absolute Gasteiger partial charge is 0.436 e. The second-order valence-corrected chi connectivity index (χ2v) is 5.62. The first-order valence-corrected chi connectivity index (χ1v) is 7.37. The Hall–Kier alpha value is -2.71. The van der Waals surface area contributed by atoms with Crippen molar-refractivity contribution in [3.8, 4) is 11.5 Å². The minimum Gasteiger partial charge on any atom is -0.436 e. The number of carbonyl (C=O) groups excluding carboxylic acids is 1. The van der Waals surface area contributed by atoms with Crippen molar-refractivity contribution in [3.63, 3.8) is 0 Å². The van der Waals surface area contributed by atoms with Crippen molar-refractivity contribution in [2.24, 2.45) is 4.99 Å². The highest BCUT2D eigenvalue weighted by atomic mass is 16.3. The van der Waals surface area contributed by atoms with Crippen molar-refractivity contribution in [2.75, 3.05) is 0 Å². The zero-order chi connectivity index (χ0) is 15.0. The van der Waals surface area contributed by atoms with Crippen LogP contribution in [0.15, 0.2) is 57.9 Å². The first kappa shape index (κ1) is 13.0. The number of benzene rings is 2. The molecule has 4 heteroatoms. The number of oxazole rings is 1. The lowest BCUT2D eigenvalue weighted by atomic mass is 9.71. The van der Waals surface area contributed by atoms with Gasteiger partial charge in [0.1, 0.15) is 5.52 Å². The Morgan fingerprint density at radius 2 is 1.86 bits per heavy atom. The number of hydrogen-bond donors (Lipinski definition) is 0. The van der Waals surface area contributed by atoms with E-state index in [1.165, 1.54) is 0 Å². The Bertz CT molecular complexity index is 854. The van der Waals surface area contributed by atoms with Gasteiger partial charge in [-0.1, -0.05) is 30.3 Å². The highest BCUT2D eigenvalue weighted by Crippen LogP contribution is 2.48.